The van der Waals surface area contributed by atoms with Gasteiger partial charge in [0.1, 0.15) is 5.76 Å². The number of carbonyl (C=O) groups excluding carboxylic acids is 1. The predicted molar refractivity (Wildman–Crippen MR) is 72.1 cm³/mol. The molecule has 0 aliphatic heterocycles. The van der Waals surface area contributed by atoms with Gasteiger partial charge in [0.05, 0.1) is 0 Å². The molecule has 1 saturated carbocycles. The van der Waals surface area contributed by atoms with Gasteiger partial charge in [0.15, 0.2) is 5.60 Å². The maximum atomic E-state index is 11.8. The standard InChI is InChI=1S/C13H19NO5S/c1-12(2,3)14-11(15)19-13(7-8-13)9-5-6-10(18-9)20(4,16)17/h5-6H,7-8H2,1-4H3,(H,14,15). The van der Waals surface area contributed by atoms with E-state index in [9.17, 15) is 13.2 Å². The summed E-state index contributed by atoms with van der Waals surface area (Å²) >= 11 is 0. The lowest BCUT2D eigenvalue weighted by molar-refractivity contribution is 0.0596. The number of furan rings is 1. The highest BCUT2D eigenvalue weighted by molar-refractivity contribution is 7.90. The zero-order valence-electron chi connectivity index (χ0n) is 12.0. The van der Waals surface area contributed by atoms with Gasteiger partial charge in [-0.3, -0.25) is 0 Å². The first-order chi connectivity index (χ1) is 9.02. The van der Waals surface area contributed by atoms with Crippen molar-refractivity contribution in [3.05, 3.63) is 17.9 Å². The molecule has 7 heteroatoms. The Morgan fingerprint density at radius 2 is 1.95 bits per heavy atom. The molecule has 6 nitrogen and oxygen atoms in total. The Kier molecular flexibility index (Phi) is 3.36. The molecule has 0 bridgehead atoms. The summed E-state index contributed by atoms with van der Waals surface area (Å²) in [6.07, 6.45) is 1.79. The molecule has 1 N–H and O–H groups in total. The summed E-state index contributed by atoms with van der Waals surface area (Å²) in [5.41, 5.74) is -1.22. The van der Waals surface area contributed by atoms with Crippen LogP contribution in [0.2, 0.25) is 0 Å². The van der Waals surface area contributed by atoms with Gasteiger partial charge in [0.2, 0.25) is 14.9 Å². The molecule has 0 spiro atoms. The molecule has 112 valence electrons. The highest BCUT2D eigenvalue weighted by Crippen LogP contribution is 2.50. The first-order valence-corrected chi connectivity index (χ1v) is 8.23. The number of ether oxygens (including phenoxy) is 1. The molecular weight excluding hydrogens is 282 g/mol. The lowest BCUT2D eigenvalue weighted by Gasteiger charge is -2.22. The third-order valence-corrected chi connectivity index (χ3v) is 3.82. The van der Waals surface area contributed by atoms with Crippen molar-refractivity contribution in [1.29, 1.82) is 0 Å². The fraction of sp³-hybridized carbons (Fsp3) is 0.615. The van der Waals surface area contributed by atoms with E-state index in [1.807, 2.05) is 20.8 Å². The van der Waals surface area contributed by atoms with E-state index in [0.717, 1.165) is 6.26 Å². The van der Waals surface area contributed by atoms with Crippen LogP contribution in [0, 0.1) is 0 Å². The SMILES string of the molecule is CC(C)(C)NC(=O)OC1(c2ccc(S(C)(=O)=O)o2)CC1. The third kappa shape index (κ3) is 3.33. The van der Waals surface area contributed by atoms with Gasteiger partial charge in [-0.2, -0.15) is 0 Å². The van der Waals surface area contributed by atoms with Crippen LogP contribution in [0.5, 0.6) is 0 Å². The second kappa shape index (κ2) is 4.51. The maximum Gasteiger partial charge on any atom is 0.408 e. The smallest absolute Gasteiger partial charge is 0.408 e. The van der Waals surface area contributed by atoms with E-state index in [1.54, 1.807) is 6.07 Å². The van der Waals surface area contributed by atoms with Gasteiger partial charge in [-0.15, -0.1) is 0 Å². The Morgan fingerprint density at radius 1 is 1.35 bits per heavy atom. The zero-order chi connectivity index (χ0) is 15.2. The minimum absolute atomic E-state index is 0.112. The van der Waals surface area contributed by atoms with Gasteiger partial charge in [-0.05, 0) is 45.7 Å². The average molecular weight is 301 g/mol. The largest absolute Gasteiger partial charge is 0.445 e. The average Bonchev–Trinajstić information content (AvgIpc) is 2.82. The topological polar surface area (TPSA) is 85.6 Å². The zero-order valence-corrected chi connectivity index (χ0v) is 12.8. The number of carbonyl (C=O) groups is 1. The van der Waals surface area contributed by atoms with Crippen LogP contribution < -0.4 is 5.32 Å². The molecule has 1 aliphatic carbocycles. The Labute approximate surface area is 118 Å². The molecule has 0 unspecified atom stereocenters. The summed E-state index contributed by atoms with van der Waals surface area (Å²) < 4.78 is 33.5. The minimum Gasteiger partial charge on any atom is -0.445 e. The van der Waals surface area contributed by atoms with E-state index in [1.165, 1.54) is 6.07 Å². The van der Waals surface area contributed by atoms with Crippen molar-refractivity contribution >= 4 is 15.9 Å². The quantitative estimate of drug-likeness (QED) is 0.925. The first-order valence-electron chi connectivity index (χ1n) is 6.33. The van der Waals surface area contributed by atoms with Crippen LogP contribution in [-0.2, 0) is 20.2 Å². The van der Waals surface area contributed by atoms with E-state index in [-0.39, 0.29) is 5.09 Å². The van der Waals surface area contributed by atoms with Gasteiger partial charge >= 0.3 is 6.09 Å². The Bertz CT molecular complexity index is 619. The Morgan fingerprint density at radius 3 is 2.35 bits per heavy atom. The highest BCUT2D eigenvalue weighted by Gasteiger charge is 2.52. The number of amides is 1. The van der Waals surface area contributed by atoms with Crippen molar-refractivity contribution in [2.45, 2.75) is 49.8 Å². The molecule has 2 rings (SSSR count). The van der Waals surface area contributed by atoms with Crippen LogP contribution in [0.1, 0.15) is 39.4 Å². The molecule has 0 saturated heterocycles. The molecule has 0 radical (unpaired) electrons. The second-order valence-corrected chi connectivity index (χ2v) is 8.10. The van der Waals surface area contributed by atoms with Crippen LogP contribution in [0.15, 0.2) is 21.6 Å². The minimum atomic E-state index is -3.39. The predicted octanol–water partition coefficient (Wildman–Crippen LogP) is 2.20. The van der Waals surface area contributed by atoms with Gasteiger partial charge in [0, 0.05) is 11.8 Å². The number of rotatable bonds is 3. The van der Waals surface area contributed by atoms with Crippen LogP contribution in [0.3, 0.4) is 0 Å². The first kappa shape index (κ1) is 14.9. The fourth-order valence-corrected chi connectivity index (χ4v) is 2.34. The van der Waals surface area contributed by atoms with Gasteiger partial charge < -0.3 is 14.5 Å². The Hall–Kier alpha value is -1.50. The molecular formula is C13H19NO5S. The Balaban J connectivity index is 2.12. The summed E-state index contributed by atoms with van der Waals surface area (Å²) in [6.45, 7) is 5.55. The molecule has 1 amide bonds. The van der Waals surface area contributed by atoms with Crippen molar-refractivity contribution in [2.24, 2.45) is 0 Å². The molecule has 0 aromatic carbocycles. The van der Waals surface area contributed by atoms with E-state index in [2.05, 4.69) is 5.32 Å². The second-order valence-electron chi connectivity index (χ2n) is 6.15. The van der Waals surface area contributed by atoms with Crippen LogP contribution in [0.4, 0.5) is 4.79 Å². The lowest BCUT2D eigenvalue weighted by Crippen LogP contribution is -2.42. The number of hydrogen-bond acceptors (Lipinski definition) is 5. The van der Waals surface area contributed by atoms with Crippen molar-refractivity contribution in [1.82, 2.24) is 5.32 Å². The van der Waals surface area contributed by atoms with Gasteiger partial charge in [-0.25, -0.2) is 13.2 Å². The van der Waals surface area contributed by atoms with Crippen molar-refractivity contribution < 1.29 is 22.4 Å². The summed E-state index contributed by atoms with van der Waals surface area (Å²) in [5, 5.41) is 2.59. The summed E-state index contributed by atoms with van der Waals surface area (Å²) in [7, 11) is -3.39. The molecule has 1 aromatic heterocycles. The molecule has 20 heavy (non-hydrogen) atoms. The lowest BCUT2D eigenvalue weighted by atomic mass is 10.1. The van der Waals surface area contributed by atoms with E-state index in [0.29, 0.717) is 18.6 Å². The summed E-state index contributed by atoms with van der Waals surface area (Å²) in [4.78, 5) is 11.8. The maximum absolute atomic E-state index is 11.8. The van der Waals surface area contributed by atoms with Crippen LogP contribution in [0.25, 0.3) is 0 Å². The number of nitrogens with one attached hydrogen (secondary N) is 1. The third-order valence-electron chi connectivity index (χ3n) is 2.87. The van der Waals surface area contributed by atoms with Crippen LogP contribution >= 0.6 is 0 Å². The van der Waals surface area contributed by atoms with E-state index >= 15 is 0 Å². The monoisotopic (exact) mass is 301 g/mol. The number of sulfone groups is 1. The van der Waals surface area contributed by atoms with Crippen molar-refractivity contribution in [3.8, 4) is 0 Å². The normalized spacial score (nSPS) is 17.6. The van der Waals surface area contributed by atoms with Gasteiger partial charge in [-0.1, -0.05) is 0 Å². The fourth-order valence-electron chi connectivity index (χ4n) is 1.79. The molecule has 1 aliphatic rings. The van der Waals surface area contributed by atoms with E-state index < -0.39 is 27.1 Å². The van der Waals surface area contributed by atoms with E-state index in [4.69, 9.17) is 9.15 Å². The summed E-state index contributed by atoms with van der Waals surface area (Å²) in [6, 6.07) is 2.93. The van der Waals surface area contributed by atoms with Crippen molar-refractivity contribution in [2.75, 3.05) is 6.26 Å². The van der Waals surface area contributed by atoms with Gasteiger partial charge in [0.25, 0.3) is 0 Å². The number of alkyl carbamates (subject to hydrolysis) is 1. The molecule has 1 aromatic rings. The van der Waals surface area contributed by atoms with Crippen molar-refractivity contribution in [3.63, 3.8) is 0 Å². The molecule has 0 atom stereocenters. The molecule has 1 fully saturated rings. The number of hydrogen-bond donors (Lipinski definition) is 1. The molecule has 1 heterocycles. The van der Waals surface area contributed by atoms with Crippen LogP contribution in [-0.4, -0.2) is 26.3 Å². The highest BCUT2D eigenvalue weighted by atomic mass is 32.2. The summed E-state index contributed by atoms with van der Waals surface area (Å²) in [5.74, 6) is 0.377.